The van der Waals surface area contributed by atoms with Crippen LogP contribution in [-0.4, -0.2) is 31.4 Å². The number of urea groups is 1. The van der Waals surface area contributed by atoms with Crippen LogP contribution in [0.2, 0.25) is 0 Å². The number of hydrogen-bond donors (Lipinski definition) is 3. The van der Waals surface area contributed by atoms with E-state index in [1.54, 1.807) is 7.11 Å². The molecule has 0 saturated heterocycles. The lowest BCUT2D eigenvalue weighted by molar-refractivity contribution is -0.0183. The second-order valence-corrected chi connectivity index (χ2v) is 8.59. The number of rotatable bonds is 7. The number of nitrogens with one attached hydrogen (secondary N) is 3. The van der Waals surface area contributed by atoms with E-state index in [1.807, 2.05) is 62.4 Å². The molecule has 1 fully saturated rings. The number of hydroxylamine groups is 1. The van der Waals surface area contributed by atoms with Gasteiger partial charge in [0.05, 0.1) is 25.5 Å². The first-order valence-electron chi connectivity index (χ1n) is 11.1. The lowest BCUT2D eigenvalue weighted by atomic mass is 10.0. The van der Waals surface area contributed by atoms with Gasteiger partial charge < -0.3 is 20.1 Å². The van der Waals surface area contributed by atoms with Crippen LogP contribution in [0.4, 0.5) is 10.5 Å². The molecule has 0 radical (unpaired) electrons. The van der Waals surface area contributed by atoms with Gasteiger partial charge in [-0.2, -0.15) is 0 Å². The molecule has 0 aromatic heterocycles. The summed E-state index contributed by atoms with van der Waals surface area (Å²) in [5, 5.41) is 5.76. The lowest BCUT2D eigenvalue weighted by Gasteiger charge is -2.20. The normalized spacial score (nSPS) is 20.4. The Labute approximate surface area is 189 Å². The van der Waals surface area contributed by atoms with Gasteiger partial charge in [-0.25, -0.2) is 4.79 Å². The third kappa shape index (κ3) is 5.16. The van der Waals surface area contributed by atoms with E-state index in [9.17, 15) is 4.79 Å². The minimum Gasteiger partial charge on any atom is -0.493 e. The number of aryl methyl sites for hydroxylation is 1. The third-order valence-corrected chi connectivity index (χ3v) is 5.91. The molecule has 1 unspecified atom stereocenters. The SMILES string of the molecule is COc1ccc(C2=CC(C)(CNC(=O)Nc3ccccc3C)ON2)cc1OC1CCCC1. The second-order valence-electron chi connectivity index (χ2n) is 8.59. The van der Waals surface area contributed by atoms with Crippen molar-refractivity contribution in [2.45, 2.75) is 51.2 Å². The van der Waals surface area contributed by atoms with Crippen LogP contribution in [0.25, 0.3) is 5.70 Å². The molecule has 1 heterocycles. The van der Waals surface area contributed by atoms with Gasteiger partial charge in [-0.15, -0.1) is 0 Å². The van der Waals surface area contributed by atoms with Crippen molar-refractivity contribution in [3.63, 3.8) is 0 Å². The van der Waals surface area contributed by atoms with Crippen LogP contribution in [0.5, 0.6) is 11.5 Å². The molecule has 1 saturated carbocycles. The van der Waals surface area contributed by atoms with Crippen LogP contribution in [0.3, 0.4) is 0 Å². The third-order valence-electron chi connectivity index (χ3n) is 5.91. The second kappa shape index (κ2) is 9.53. The summed E-state index contributed by atoms with van der Waals surface area (Å²) in [6.45, 7) is 4.18. The fraction of sp³-hybridized carbons (Fsp3) is 0.400. The molecule has 2 amide bonds. The minimum absolute atomic E-state index is 0.238. The van der Waals surface area contributed by atoms with Crippen LogP contribution in [0.15, 0.2) is 48.5 Å². The van der Waals surface area contributed by atoms with Gasteiger partial charge in [0.25, 0.3) is 0 Å². The summed E-state index contributed by atoms with van der Waals surface area (Å²) in [5.41, 5.74) is 5.86. The maximum atomic E-state index is 12.3. The van der Waals surface area contributed by atoms with E-state index in [4.69, 9.17) is 14.3 Å². The maximum Gasteiger partial charge on any atom is 0.319 e. The summed E-state index contributed by atoms with van der Waals surface area (Å²) in [6, 6.07) is 13.2. The molecule has 170 valence electrons. The van der Waals surface area contributed by atoms with Gasteiger partial charge >= 0.3 is 6.03 Å². The number of methoxy groups -OCH3 is 1. The average Bonchev–Trinajstić information content (AvgIpc) is 3.44. The molecule has 3 N–H and O–H groups in total. The monoisotopic (exact) mass is 437 g/mol. The zero-order valence-corrected chi connectivity index (χ0v) is 18.9. The topological polar surface area (TPSA) is 80.9 Å². The van der Waals surface area contributed by atoms with Crippen molar-refractivity contribution >= 4 is 17.4 Å². The van der Waals surface area contributed by atoms with Crippen molar-refractivity contribution in [1.82, 2.24) is 10.8 Å². The molecule has 32 heavy (non-hydrogen) atoms. The van der Waals surface area contributed by atoms with Crippen molar-refractivity contribution in [3.05, 3.63) is 59.7 Å². The number of carbonyl (C=O) groups excluding carboxylic acids is 1. The van der Waals surface area contributed by atoms with Crippen molar-refractivity contribution < 1.29 is 19.1 Å². The first kappa shape index (κ1) is 22.0. The largest absolute Gasteiger partial charge is 0.493 e. The van der Waals surface area contributed by atoms with Gasteiger partial charge in [-0.05, 0) is 75.4 Å². The van der Waals surface area contributed by atoms with Gasteiger partial charge in [0.1, 0.15) is 5.60 Å². The predicted molar refractivity (Wildman–Crippen MR) is 125 cm³/mol. The molecule has 0 spiro atoms. The first-order chi connectivity index (χ1) is 15.5. The molecule has 2 aromatic rings. The van der Waals surface area contributed by atoms with Crippen molar-refractivity contribution in [2.24, 2.45) is 0 Å². The average molecular weight is 438 g/mol. The minimum atomic E-state index is -0.690. The summed E-state index contributed by atoms with van der Waals surface area (Å²) >= 11 is 0. The number of benzene rings is 2. The Hall–Kier alpha value is -3.19. The standard InChI is InChI=1S/C25H31N3O4/c1-17-8-4-7-11-20(17)27-24(29)26-16-25(2)15-21(28-32-25)18-12-13-22(30-3)23(14-18)31-19-9-5-6-10-19/h4,7-8,11-15,19,28H,5-6,9-10,16H2,1-3H3,(H2,26,27,29). The van der Waals surface area contributed by atoms with Crippen molar-refractivity contribution in [1.29, 1.82) is 0 Å². The molecular formula is C25H31N3O4. The Balaban J connectivity index is 1.41. The summed E-state index contributed by atoms with van der Waals surface area (Å²) in [5.74, 6) is 1.46. The van der Waals surface area contributed by atoms with Gasteiger partial charge in [-0.3, -0.25) is 10.3 Å². The Bertz CT molecular complexity index is 1000. The molecule has 1 aliphatic carbocycles. The Morgan fingerprint density at radius 3 is 2.72 bits per heavy atom. The van der Waals surface area contributed by atoms with Crippen molar-refractivity contribution in [2.75, 3.05) is 19.0 Å². The number of carbonyl (C=O) groups is 1. The number of para-hydroxylation sites is 1. The van der Waals surface area contributed by atoms with E-state index in [0.29, 0.717) is 6.54 Å². The number of amides is 2. The maximum absolute atomic E-state index is 12.3. The van der Waals surface area contributed by atoms with Crippen LogP contribution in [0, 0.1) is 6.92 Å². The van der Waals surface area contributed by atoms with Gasteiger partial charge in [-0.1, -0.05) is 18.2 Å². The van der Waals surface area contributed by atoms with Crippen LogP contribution in [-0.2, 0) is 4.84 Å². The van der Waals surface area contributed by atoms with Crippen molar-refractivity contribution in [3.8, 4) is 11.5 Å². The molecule has 1 atom stereocenters. The lowest BCUT2D eigenvalue weighted by Crippen LogP contribution is -2.42. The number of ether oxygens (including phenoxy) is 2. The van der Waals surface area contributed by atoms with E-state index >= 15 is 0 Å². The van der Waals surface area contributed by atoms with Crippen LogP contribution in [0.1, 0.15) is 43.7 Å². The van der Waals surface area contributed by atoms with Crippen LogP contribution >= 0.6 is 0 Å². The molecule has 1 aliphatic heterocycles. The molecular weight excluding hydrogens is 406 g/mol. The zero-order chi connectivity index (χ0) is 22.6. The molecule has 7 nitrogen and oxygen atoms in total. The van der Waals surface area contributed by atoms with E-state index in [1.165, 1.54) is 12.8 Å². The summed E-state index contributed by atoms with van der Waals surface area (Å²) in [7, 11) is 1.65. The quantitative estimate of drug-likeness (QED) is 0.581. The summed E-state index contributed by atoms with van der Waals surface area (Å²) in [4.78, 5) is 18.2. The molecule has 7 heteroatoms. The smallest absolute Gasteiger partial charge is 0.319 e. The highest BCUT2D eigenvalue weighted by atomic mass is 16.7. The van der Waals surface area contributed by atoms with E-state index in [0.717, 1.165) is 46.9 Å². The van der Waals surface area contributed by atoms with Gasteiger partial charge in [0.15, 0.2) is 11.5 Å². The van der Waals surface area contributed by atoms with Gasteiger partial charge in [0.2, 0.25) is 0 Å². The van der Waals surface area contributed by atoms with Gasteiger partial charge in [0, 0.05) is 11.3 Å². The molecule has 0 bridgehead atoms. The van der Waals surface area contributed by atoms with E-state index < -0.39 is 5.60 Å². The number of hydrogen-bond acceptors (Lipinski definition) is 5. The first-order valence-corrected chi connectivity index (χ1v) is 11.1. The molecule has 4 rings (SSSR count). The highest BCUT2D eigenvalue weighted by Crippen LogP contribution is 2.35. The van der Waals surface area contributed by atoms with E-state index in [2.05, 4.69) is 16.1 Å². The zero-order valence-electron chi connectivity index (χ0n) is 18.9. The Morgan fingerprint density at radius 1 is 1.19 bits per heavy atom. The molecule has 2 aliphatic rings. The fourth-order valence-corrected chi connectivity index (χ4v) is 4.02. The summed E-state index contributed by atoms with van der Waals surface area (Å²) < 4.78 is 11.7. The predicted octanol–water partition coefficient (Wildman–Crippen LogP) is 4.78. The highest BCUT2D eigenvalue weighted by molar-refractivity contribution is 5.90. The number of anilines is 1. The van der Waals surface area contributed by atoms with E-state index in [-0.39, 0.29) is 12.1 Å². The highest BCUT2D eigenvalue weighted by Gasteiger charge is 2.31. The fourth-order valence-electron chi connectivity index (χ4n) is 4.02. The Morgan fingerprint density at radius 2 is 1.97 bits per heavy atom. The Kier molecular flexibility index (Phi) is 6.55. The molecule has 2 aromatic carbocycles. The van der Waals surface area contributed by atoms with Crippen LogP contribution < -0.4 is 25.6 Å². The summed E-state index contributed by atoms with van der Waals surface area (Å²) in [6.07, 6.45) is 6.77.